The number of hydrogen-bond acceptors (Lipinski definition) is 7. The SMILES string of the molecule is O[C@@H]1Cc2ccc(F)c(F)c2C(c2c(F)cc3c(N4CC5CCC(C4)N5)nc(OCC4(CN5CCC6(CC6)C5)CC4)nc3c2F)C1. The zero-order valence-electron chi connectivity index (χ0n) is 25.8. The maximum atomic E-state index is 16.8. The average Bonchev–Trinajstić information content (AvgIpc) is 3.91. The predicted molar refractivity (Wildman–Crippen MR) is 164 cm³/mol. The number of hydrogen-bond donors (Lipinski definition) is 2. The van der Waals surface area contributed by atoms with Crippen LogP contribution in [-0.4, -0.2) is 77.5 Å². The Hall–Kier alpha value is -3.02. The number of ether oxygens (including phenoxy) is 1. The molecule has 2 saturated carbocycles. The number of likely N-dealkylation sites (tertiary alicyclic amines) is 1. The van der Waals surface area contributed by atoms with Crippen LogP contribution in [0.3, 0.4) is 0 Å². The molecule has 0 amide bonds. The number of piperazine rings is 1. The molecule has 46 heavy (non-hydrogen) atoms. The third-order valence-electron chi connectivity index (χ3n) is 11.8. The van der Waals surface area contributed by atoms with E-state index in [-0.39, 0.29) is 52.8 Å². The molecule has 6 aliphatic rings. The number of aromatic nitrogens is 2. The third kappa shape index (κ3) is 4.95. The first-order valence-corrected chi connectivity index (χ1v) is 16.9. The van der Waals surface area contributed by atoms with Crippen molar-refractivity contribution >= 4 is 16.7 Å². The molecular formula is C35H39F4N5O2. The lowest BCUT2D eigenvalue weighted by Gasteiger charge is -2.34. The largest absolute Gasteiger partial charge is 0.463 e. The fourth-order valence-electron chi connectivity index (χ4n) is 8.88. The van der Waals surface area contributed by atoms with Crippen molar-refractivity contribution in [2.45, 2.75) is 81.9 Å². The molecule has 2 N–H and O–H groups in total. The van der Waals surface area contributed by atoms with E-state index < -0.39 is 40.9 Å². The van der Waals surface area contributed by atoms with Gasteiger partial charge in [0.25, 0.3) is 0 Å². The fraction of sp³-hybridized carbons (Fsp3) is 0.600. The molecule has 3 saturated heterocycles. The van der Waals surface area contributed by atoms with Gasteiger partial charge in [0.05, 0.1) is 12.7 Å². The molecule has 1 aromatic heterocycles. The average molecular weight is 638 g/mol. The molecule has 2 bridgehead atoms. The van der Waals surface area contributed by atoms with E-state index in [1.54, 1.807) is 0 Å². The minimum atomic E-state index is -1.22. The minimum absolute atomic E-state index is 0.0170. The molecule has 9 rings (SSSR count). The summed E-state index contributed by atoms with van der Waals surface area (Å²) in [4.78, 5) is 13.9. The molecule has 3 unspecified atom stereocenters. The monoisotopic (exact) mass is 637 g/mol. The Morgan fingerprint density at radius 3 is 2.43 bits per heavy atom. The van der Waals surface area contributed by atoms with Crippen molar-refractivity contribution in [3.63, 3.8) is 0 Å². The lowest BCUT2D eigenvalue weighted by Crippen LogP contribution is -2.51. The highest BCUT2D eigenvalue weighted by atomic mass is 19.2. The summed E-state index contributed by atoms with van der Waals surface area (Å²) >= 11 is 0. The molecule has 0 radical (unpaired) electrons. The molecule has 244 valence electrons. The summed E-state index contributed by atoms with van der Waals surface area (Å²) in [6.45, 7) is 4.93. The van der Waals surface area contributed by atoms with E-state index in [1.807, 2.05) is 0 Å². The Balaban J connectivity index is 1.10. The van der Waals surface area contributed by atoms with E-state index in [2.05, 4.69) is 20.1 Å². The third-order valence-corrected chi connectivity index (χ3v) is 11.8. The summed E-state index contributed by atoms with van der Waals surface area (Å²) in [5.74, 6) is -4.89. The second kappa shape index (κ2) is 10.5. The second-order valence-electron chi connectivity index (χ2n) is 15.2. The summed E-state index contributed by atoms with van der Waals surface area (Å²) in [7, 11) is 0. The maximum Gasteiger partial charge on any atom is 0.319 e. The van der Waals surface area contributed by atoms with E-state index in [1.165, 1.54) is 31.4 Å². The van der Waals surface area contributed by atoms with Crippen molar-refractivity contribution in [1.82, 2.24) is 20.2 Å². The van der Waals surface area contributed by atoms with Crippen molar-refractivity contribution in [3.8, 4) is 6.01 Å². The van der Waals surface area contributed by atoms with Crippen LogP contribution in [-0.2, 0) is 6.42 Å². The summed E-state index contributed by atoms with van der Waals surface area (Å²) in [6.07, 6.45) is 7.04. The highest BCUT2D eigenvalue weighted by Gasteiger charge is 2.52. The van der Waals surface area contributed by atoms with Gasteiger partial charge in [0.15, 0.2) is 17.5 Å². The van der Waals surface area contributed by atoms with Gasteiger partial charge in [0.1, 0.15) is 17.2 Å². The van der Waals surface area contributed by atoms with Gasteiger partial charge >= 0.3 is 6.01 Å². The Bertz CT molecular complexity index is 1720. The van der Waals surface area contributed by atoms with Crippen molar-refractivity contribution < 1.29 is 27.4 Å². The first kappa shape index (κ1) is 29.1. The van der Waals surface area contributed by atoms with Crippen LogP contribution in [0.5, 0.6) is 6.01 Å². The molecule has 1 spiro atoms. The predicted octanol–water partition coefficient (Wildman–Crippen LogP) is 5.21. The van der Waals surface area contributed by atoms with E-state index in [9.17, 15) is 9.50 Å². The molecule has 2 aromatic carbocycles. The van der Waals surface area contributed by atoms with Crippen LogP contribution in [0.1, 0.15) is 74.0 Å². The van der Waals surface area contributed by atoms with Crippen LogP contribution in [0.2, 0.25) is 0 Å². The fourth-order valence-corrected chi connectivity index (χ4v) is 8.88. The Kier molecular flexibility index (Phi) is 6.65. The van der Waals surface area contributed by atoms with Crippen molar-refractivity contribution in [2.24, 2.45) is 10.8 Å². The maximum absolute atomic E-state index is 16.8. The number of aliphatic hydroxyl groups is 1. The van der Waals surface area contributed by atoms with Crippen molar-refractivity contribution in [1.29, 1.82) is 0 Å². The van der Waals surface area contributed by atoms with Crippen LogP contribution in [0.4, 0.5) is 23.4 Å². The molecule has 3 aliphatic heterocycles. The number of halogens is 4. The molecule has 3 aliphatic carbocycles. The minimum Gasteiger partial charge on any atom is -0.463 e. The smallest absolute Gasteiger partial charge is 0.319 e. The Morgan fingerprint density at radius 1 is 0.935 bits per heavy atom. The van der Waals surface area contributed by atoms with Crippen LogP contribution < -0.4 is 15.0 Å². The summed E-state index contributed by atoms with van der Waals surface area (Å²) in [5, 5.41) is 14.4. The van der Waals surface area contributed by atoms with E-state index in [0.717, 1.165) is 51.4 Å². The molecule has 11 heteroatoms. The number of rotatable bonds is 7. The molecule has 4 heterocycles. The van der Waals surface area contributed by atoms with E-state index >= 15 is 13.2 Å². The number of fused-ring (bicyclic) bond motifs is 4. The zero-order valence-corrected chi connectivity index (χ0v) is 25.8. The quantitative estimate of drug-likeness (QED) is 0.345. The lowest BCUT2D eigenvalue weighted by molar-refractivity contribution is 0.149. The lowest BCUT2D eigenvalue weighted by atomic mass is 9.76. The van der Waals surface area contributed by atoms with E-state index in [0.29, 0.717) is 36.5 Å². The topological polar surface area (TPSA) is 73.8 Å². The summed E-state index contributed by atoms with van der Waals surface area (Å²) < 4.78 is 68.8. The van der Waals surface area contributed by atoms with Gasteiger partial charge < -0.3 is 25.0 Å². The van der Waals surface area contributed by atoms with Gasteiger partial charge in [-0.2, -0.15) is 9.97 Å². The number of benzene rings is 2. The summed E-state index contributed by atoms with van der Waals surface area (Å²) in [5.41, 5.74) is 0.256. The van der Waals surface area contributed by atoms with Gasteiger partial charge in [-0.1, -0.05) is 6.07 Å². The molecular weight excluding hydrogens is 598 g/mol. The molecule has 7 nitrogen and oxygen atoms in total. The molecule has 5 fully saturated rings. The van der Waals surface area contributed by atoms with Crippen LogP contribution in [0, 0.1) is 34.1 Å². The van der Waals surface area contributed by atoms with Crippen LogP contribution in [0.25, 0.3) is 10.9 Å². The second-order valence-corrected chi connectivity index (χ2v) is 15.2. The van der Waals surface area contributed by atoms with Crippen molar-refractivity contribution in [2.75, 3.05) is 44.2 Å². The number of nitrogens with zero attached hydrogens (tertiary/aromatic N) is 4. The van der Waals surface area contributed by atoms with Gasteiger partial charge in [-0.25, -0.2) is 17.6 Å². The van der Waals surface area contributed by atoms with Gasteiger partial charge in [-0.15, -0.1) is 0 Å². The number of anilines is 1. The van der Waals surface area contributed by atoms with Crippen LogP contribution in [0.15, 0.2) is 18.2 Å². The van der Waals surface area contributed by atoms with Gasteiger partial charge in [-0.3, -0.25) is 0 Å². The van der Waals surface area contributed by atoms with Gasteiger partial charge in [0.2, 0.25) is 0 Å². The standard InChI is InChI=1S/C35H39F4N5O2/c36-25-4-1-19-11-22(45)12-23(27(19)29(25)38)28-26(37)13-24-31(30(28)39)41-33(42-32(24)44-14-20-2-3-21(15-44)40-20)46-18-35(7-8-35)17-43-10-9-34(16-43)5-6-34/h1,4,13,20-23,40,45H,2-3,5-12,14-18H2/t20?,21?,22-,23?/m1/s1. The highest BCUT2D eigenvalue weighted by Crippen LogP contribution is 2.55. The van der Waals surface area contributed by atoms with E-state index in [4.69, 9.17) is 9.72 Å². The van der Waals surface area contributed by atoms with Gasteiger partial charge in [-0.05, 0) is 87.4 Å². The summed E-state index contributed by atoms with van der Waals surface area (Å²) in [6, 6.07) is 4.14. The van der Waals surface area contributed by atoms with Crippen LogP contribution >= 0.6 is 0 Å². The first-order chi connectivity index (χ1) is 22.2. The molecule has 4 atom stereocenters. The number of aliphatic hydroxyl groups excluding tert-OH is 1. The first-order valence-electron chi connectivity index (χ1n) is 16.9. The molecule has 3 aromatic rings. The Morgan fingerprint density at radius 2 is 1.72 bits per heavy atom. The zero-order chi connectivity index (χ0) is 31.4. The van der Waals surface area contributed by atoms with Crippen molar-refractivity contribution in [3.05, 3.63) is 58.2 Å². The van der Waals surface area contributed by atoms with Gasteiger partial charge in [0, 0.05) is 66.1 Å². The Labute approximate surface area is 265 Å². The normalized spacial score (nSPS) is 29.0. The highest BCUT2D eigenvalue weighted by molar-refractivity contribution is 5.91. The number of nitrogens with one attached hydrogen (secondary N) is 1.